The number of rotatable bonds is 4. The minimum atomic E-state index is -0.526. The SMILES string of the molecule is CCCc1c(Cl)[nH]c(=O)n(-c2ccc(N(C)C)cc2)c1=O. The van der Waals surface area contributed by atoms with Crippen molar-refractivity contribution in [3.63, 3.8) is 0 Å². The van der Waals surface area contributed by atoms with Crippen molar-refractivity contribution in [3.8, 4) is 5.69 Å². The number of hydrogen-bond donors (Lipinski definition) is 1. The maximum Gasteiger partial charge on any atom is 0.334 e. The Kier molecular flexibility index (Phi) is 4.53. The number of halogens is 1. The zero-order chi connectivity index (χ0) is 15.6. The van der Waals surface area contributed by atoms with Crippen LogP contribution in [-0.2, 0) is 6.42 Å². The molecular formula is C15H18ClN3O2. The molecule has 0 unspecified atom stereocenters. The van der Waals surface area contributed by atoms with Crippen LogP contribution in [0.15, 0.2) is 33.9 Å². The van der Waals surface area contributed by atoms with Crippen LogP contribution in [0.25, 0.3) is 5.69 Å². The summed E-state index contributed by atoms with van der Waals surface area (Å²) in [6.45, 7) is 1.96. The van der Waals surface area contributed by atoms with E-state index in [2.05, 4.69) is 4.98 Å². The first-order chi connectivity index (χ1) is 9.95. The summed E-state index contributed by atoms with van der Waals surface area (Å²) in [7, 11) is 3.85. The molecule has 0 aliphatic heterocycles. The van der Waals surface area contributed by atoms with Gasteiger partial charge in [-0.25, -0.2) is 9.36 Å². The van der Waals surface area contributed by atoms with E-state index in [1.54, 1.807) is 12.1 Å². The molecule has 0 aliphatic carbocycles. The number of aromatic nitrogens is 2. The van der Waals surface area contributed by atoms with Crippen molar-refractivity contribution >= 4 is 17.3 Å². The maximum atomic E-state index is 12.5. The van der Waals surface area contributed by atoms with Gasteiger partial charge in [-0.3, -0.25) is 9.78 Å². The van der Waals surface area contributed by atoms with Gasteiger partial charge in [0, 0.05) is 19.8 Å². The predicted molar refractivity (Wildman–Crippen MR) is 86.0 cm³/mol. The Morgan fingerprint density at radius 2 is 1.81 bits per heavy atom. The van der Waals surface area contributed by atoms with Crippen molar-refractivity contribution in [3.05, 3.63) is 55.8 Å². The third-order valence-corrected chi connectivity index (χ3v) is 3.59. The molecule has 1 aromatic heterocycles. The predicted octanol–water partition coefficient (Wildman–Crippen LogP) is 2.20. The molecule has 0 saturated heterocycles. The van der Waals surface area contributed by atoms with Crippen molar-refractivity contribution in [1.82, 2.24) is 9.55 Å². The molecule has 21 heavy (non-hydrogen) atoms. The average Bonchev–Trinajstić information content (AvgIpc) is 2.44. The Morgan fingerprint density at radius 3 is 2.33 bits per heavy atom. The third-order valence-electron chi connectivity index (χ3n) is 3.27. The second kappa shape index (κ2) is 6.18. The standard InChI is InChI=1S/C15H18ClN3O2/c1-4-5-12-13(16)17-15(21)19(14(12)20)11-8-6-10(7-9-11)18(2)3/h6-9H,4-5H2,1-3H3,(H,17,21). The van der Waals surface area contributed by atoms with E-state index >= 15 is 0 Å². The van der Waals surface area contributed by atoms with Crippen LogP contribution in [0.1, 0.15) is 18.9 Å². The first kappa shape index (κ1) is 15.4. The fourth-order valence-corrected chi connectivity index (χ4v) is 2.40. The van der Waals surface area contributed by atoms with Crippen LogP contribution in [0.4, 0.5) is 5.69 Å². The van der Waals surface area contributed by atoms with E-state index in [9.17, 15) is 9.59 Å². The van der Waals surface area contributed by atoms with Gasteiger partial charge < -0.3 is 4.90 Å². The second-order valence-corrected chi connectivity index (χ2v) is 5.40. The average molecular weight is 308 g/mol. The Morgan fingerprint density at radius 1 is 1.19 bits per heavy atom. The highest BCUT2D eigenvalue weighted by Crippen LogP contribution is 2.14. The van der Waals surface area contributed by atoms with Gasteiger partial charge in [-0.1, -0.05) is 24.9 Å². The monoisotopic (exact) mass is 307 g/mol. The van der Waals surface area contributed by atoms with Gasteiger partial charge in [0.05, 0.1) is 11.3 Å². The van der Waals surface area contributed by atoms with Gasteiger partial charge in [0.25, 0.3) is 5.56 Å². The quantitative estimate of drug-likeness (QED) is 0.881. The minimum absolute atomic E-state index is 0.132. The molecule has 0 radical (unpaired) electrons. The van der Waals surface area contributed by atoms with E-state index in [1.807, 2.05) is 38.1 Å². The van der Waals surface area contributed by atoms with Crippen molar-refractivity contribution in [2.24, 2.45) is 0 Å². The van der Waals surface area contributed by atoms with Gasteiger partial charge in [-0.05, 0) is 30.7 Å². The number of nitrogens with one attached hydrogen (secondary N) is 1. The third kappa shape index (κ3) is 3.03. The zero-order valence-corrected chi connectivity index (χ0v) is 13.1. The second-order valence-electron chi connectivity index (χ2n) is 5.02. The minimum Gasteiger partial charge on any atom is -0.378 e. The summed E-state index contributed by atoms with van der Waals surface area (Å²) in [5.41, 5.74) is 1.08. The number of nitrogens with zero attached hydrogens (tertiary/aromatic N) is 2. The Hall–Kier alpha value is -2.01. The molecule has 6 heteroatoms. The number of aromatic amines is 1. The van der Waals surface area contributed by atoms with Crippen LogP contribution in [-0.4, -0.2) is 23.6 Å². The maximum absolute atomic E-state index is 12.5. The molecule has 0 fully saturated rings. The number of benzene rings is 1. The lowest BCUT2D eigenvalue weighted by atomic mass is 10.2. The van der Waals surface area contributed by atoms with E-state index in [0.29, 0.717) is 17.7 Å². The Balaban J connectivity index is 2.61. The van der Waals surface area contributed by atoms with Crippen molar-refractivity contribution in [2.45, 2.75) is 19.8 Å². The van der Waals surface area contributed by atoms with E-state index < -0.39 is 5.69 Å². The summed E-state index contributed by atoms with van der Waals surface area (Å²) in [6.07, 6.45) is 1.31. The summed E-state index contributed by atoms with van der Waals surface area (Å²) in [5.74, 6) is 0. The van der Waals surface area contributed by atoms with Crippen molar-refractivity contribution in [1.29, 1.82) is 0 Å². The molecule has 0 atom stereocenters. The highest BCUT2D eigenvalue weighted by Gasteiger charge is 2.13. The normalized spacial score (nSPS) is 10.7. The summed E-state index contributed by atoms with van der Waals surface area (Å²) >= 11 is 5.96. The van der Waals surface area contributed by atoms with Gasteiger partial charge in [0.15, 0.2) is 0 Å². The highest BCUT2D eigenvalue weighted by atomic mass is 35.5. The van der Waals surface area contributed by atoms with E-state index in [-0.39, 0.29) is 10.7 Å². The smallest absolute Gasteiger partial charge is 0.334 e. The molecule has 112 valence electrons. The van der Waals surface area contributed by atoms with Crippen LogP contribution in [0, 0.1) is 0 Å². The summed E-state index contributed by atoms with van der Waals surface area (Å²) in [5, 5.41) is 0.132. The van der Waals surface area contributed by atoms with E-state index in [0.717, 1.165) is 16.7 Å². The molecule has 2 rings (SSSR count). The van der Waals surface area contributed by atoms with Crippen molar-refractivity contribution < 1.29 is 0 Å². The van der Waals surface area contributed by atoms with Crippen molar-refractivity contribution in [2.75, 3.05) is 19.0 Å². The molecule has 1 heterocycles. The van der Waals surface area contributed by atoms with Gasteiger partial charge in [0.2, 0.25) is 0 Å². The van der Waals surface area contributed by atoms with Gasteiger partial charge in [-0.2, -0.15) is 0 Å². The molecule has 5 nitrogen and oxygen atoms in total. The topological polar surface area (TPSA) is 58.1 Å². The Labute approximate surface area is 127 Å². The summed E-state index contributed by atoms with van der Waals surface area (Å²) in [6, 6.07) is 7.20. The van der Waals surface area contributed by atoms with Gasteiger partial charge >= 0.3 is 5.69 Å². The van der Waals surface area contributed by atoms with Crippen LogP contribution >= 0.6 is 11.6 Å². The molecule has 0 spiro atoms. The zero-order valence-electron chi connectivity index (χ0n) is 12.3. The molecule has 0 bridgehead atoms. The van der Waals surface area contributed by atoms with Crippen LogP contribution < -0.4 is 16.1 Å². The molecule has 0 amide bonds. The first-order valence-electron chi connectivity index (χ1n) is 6.77. The van der Waals surface area contributed by atoms with Gasteiger partial charge in [0.1, 0.15) is 5.15 Å². The Bertz CT molecular complexity index is 745. The number of H-pyrrole nitrogens is 1. The lowest BCUT2D eigenvalue weighted by Crippen LogP contribution is -2.36. The van der Waals surface area contributed by atoms with Crippen LogP contribution in [0.3, 0.4) is 0 Å². The van der Waals surface area contributed by atoms with E-state index in [4.69, 9.17) is 11.6 Å². The fraction of sp³-hybridized carbons (Fsp3) is 0.333. The van der Waals surface area contributed by atoms with Crippen LogP contribution in [0.2, 0.25) is 5.15 Å². The summed E-state index contributed by atoms with van der Waals surface area (Å²) < 4.78 is 1.12. The number of hydrogen-bond acceptors (Lipinski definition) is 3. The molecular weight excluding hydrogens is 290 g/mol. The number of anilines is 1. The van der Waals surface area contributed by atoms with Gasteiger partial charge in [-0.15, -0.1) is 0 Å². The lowest BCUT2D eigenvalue weighted by molar-refractivity contribution is 0.811. The molecule has 1 aromatic carbocycles. The summed E-state index contributed by atoms with van der Waals surface area (Å²) in [4.78, 5) is 29.0. The largest absolute Gasteiger partial charge is 0.378 e. The molecule has 2 aromatic rings. The fourth-order valence-electron chi connectivity index (χ4n) is 2.15. The molecule has 0 aliphatic rings. The lowest BCUT2D eigenvalue weighted by Gasteiger charge is -2.13. The molecule has 0 saturated carbocycles. The van der Waals surface area contributed by atoms with E-state index in [1.165, 1.54) is 0 Å². The van der Waals surface area contributed by atoms with Crippen LogP contribution in [0.5, 0.6) is 0 Å². The molecule has 1 N–H and O–H groups in total. The highest BCUT2D eigenvalue weighted by molar-refractivity contribution is 6.30. The first-order valence-corrected chi connectivity index (χ1v) is 7.15.